The van der Waals surface area contributed by atoms with Crippen LogP contribution in [0.25, 0.3) is 16.7 Å². The Hall–Kier alpha value is -1.81. The predicted octanol–water partition coefficient (Wildman–Crippen LogP) is 2.67. The van der Waals surface area contributed by atoms with E-state index in [-0.39, 0.29) is 0 Å². The van der Waals surface area contributed by atoms with Crippen LogP contribution in [-0.2, 0) is 0 Å². The smallest absolute Gasteiger partial charge is 0.100 e. The monoisotopic (exact) mass is 215 g/mol. The summed E-state index contributed by atoms with van der Waals surface area (Å²) in [5, 5.41) is 4.15. The van der Waals surface area contributed by atoms with E-state index in [1.807, 2.05) is 24.5 Å². The van der Waals surface area contributed by atoms with Gasteiger partial charge in [-0.2, -0.15) is 11.3 Å². The molecule has 2 N–H and O–H groups in total. The van der Waals surface area contributed by atoms with E-state index in [1.165, 1.54) is 0 Å². The molecule has 74 valence electrons. The number of hydrogen-bond acceptors (Lipinski definition) is 3. The van der Waals surface area contributed by atoms with E-state index in [0.29, 0.717) is 0 Å². The van der Waals surface area contributed by atoms with Crippen LogP contribution in [0.5, 0.6) is 0 Å². The summed E-state index contributed by atoms with van der Waals surface area (Å²) in [6.45, 7) is 0. The molecule has 4 heteroatoms. The second-order valence-electron chi connectivity index (χ2n) is 3.34. The van der Waals surface area contributed by atoms with Crippen molar-refractivity contribution < 1.29 is 0 Å². The third kappa shape index (κ3) is 1.30. The molecule has 0 bridgehead atoms. The van der Waals surface area contributed by atoms with Gasteiger partial charge in [-0.3, -0.25) is 4.57 Å². The first kappa shape index (κ1) is 8.49. The maximum Gasteiger partial charge on any atom is 0.100 e. The molecule has 2 heterocycles. The number of nitrogens with two attached hydrogens (primary N) is 1. The SMILES string of the molecule is Nc1ccc2c(c1)ncn2-c1ccsc1. The highest BCUT2D eigenvalue weighted by Crippen LogP contribution is 2.21. The van der Waals surface area contributed by atoms with Crippen LogP contribution < -0.4 is 5.73 Å². The Kier molecular flexibility index (Phi) is 1.76. The first-order valence-electron chi connectivity index (χ1n) is 4.60. The predicted molar refractivity (Wildman–Crippen MR) is 63.4 cm³/mol. The fraction of sp³-hybridized carbons (Fsp3) is 0. The van der Waals surface area contributed by atoms with Crippen molar-refractivity contribution in [3.8, 4) is 5.69 Å². The molecule has 0 unspecified atom stereocenters. The van der Waals surface area contributed by atoms with Crippen LogP contribution in [-0.4, -0.2) is 9.55 Å². The minimum atomic E-state index is 0.748. The number of benzene rings is 1. The number of nitrogen functional groups attached to an aromatic ring is 1. The maximum absolute atomic E-state index is 5.70. The van der Waals surface area contributed by atoms with Gasteiger partial charge in [0, 0.05) is 11.1 Å². The fourth-order valence-electron chi connectivity index (χ4n) is 1.63. The Morgan fingerprint density at radius 2 is 2.20 bits per heavy atom. The molecule has 0 saturated heterocycles. The second-order valence-corrected chi connectivity index (χ2v) is 4.12. The highest BCUT2D eigenvalue weighted by Gasteiger charge is 2.04. The van der Waals surface area contributed by atoms with Crippen molar-refractivity contribution >= 4 is 28.1 Å². The average molecular weight is 215 g/mol. The Labute approximate surface area is 90.8 Å². The summed E-state index contributed by atoms with van der Waals surface area (Å²) in [5.74, 6) is 0. The van der Waals surface area contributed by atoms with Gasteiger partial charge in [-0.15, -0.1) is 0 Å². The summed E-state index contributed by atoms with van der Waals surface area (Å²) >= 11 is 1.68. The first-order chi connectivity index (χ1) is 7.34. The van der Waals surface area contributed by atoms with E-state index < -0.39 is 0 Å². The van der Waals surface area contributed by atoms with Gasteiger partial charge in [0.1, 0.15) is 6.33 Å². The second kappa shape index (κ2) is 3.10. The van der Waals surface area contributed by atoms with Gasteiger partial charge >= 0.3 is 0 Å². The van der Waals surface area contributed by atoms with Crippen LogP contribution in [0.15, 0.2) is 41.4 Å². The Bertz CT molecular complexity index is 595. The van der Waals surface area contributed by atoms with Gasteiger partial charge in [0.25, 0.3) is 0 Å². The van der Waals surface area contributed by atoms with E-state index in [0.717, 1.165) is 22.4 Å². The molecule has 15 heavy (non-hydrogen) atoms. The lowest BCUT2D eigenvalue weighted by Gasteiger charge is -2.00. The van der Waals surface area contributed by atoms with Crippen LogP contribution in [0.1, 0.15) is 0 Å². The molecular weight excluding hydrogens is 206 g/mol. The zero-order valence-corrected chi connectivity index (χ0v) is 8.74. The first-order valence-corrected chi connectivity index (χ1v) is 5.54. The Morgan fingerprint density at radius 3 is 3.00 bits per heavy atom. The maximum atomic E-state index is 5.70. The summed E-state index contributed by atoms with van der Waals surface area (Å²) < 4.78 is 2.06. The molecule has 3 aromatic rings. The number of imidazole rings is 1. The largest absolute Gasteiger partial charge is 0.399 e. The van der Waals surface area contributed by atoms with E-state index in [4.69, 9.17) is 5.73 Å². The van der Waals surface area contributed by atoms with Gasteiger partial charge in [0.2, 0.25) is 0 Å². The zero-order chi connectivity index (χ0) is 10.3. The van der Waals surface area contributed by atoms with Crippen LogP contribution in [0.2, 0.25) is 0 Å². The molecule has 3 rings (SSSR count). The molecule has 0 fully saturated rings. The van der Waals surface area contributed by atoms with Crippen molar-refractivity contribution in [3.63, 3.8) is 0 Å². The third-order valence-electron chi connectivity index (χ3n) is 2.36. The van der Waals surface area contributed by atoms with Gasteiger partial charge in [0.05, 0.1) is 16.7 Å². The summed E-state index contributed by atoms with van der Waals surface area (Å²) in [7, 11) is 0. The number of fused-ring (bicyclic) bond motifs is 1. The molecule has 0 spiro atoms. The number of thiophene rings is 1. The molecule has 0 amide bonds. The van der Waals surface area contributed by atoms with Crippen molar-refractivity contribution in [2.75, 3.05) is 5.73 Å². The van der Waals surface area contributed by atoms with Gasteiger partial charge in [0.15, 0.2) is 0 Å². The average Bonchev–Trinajstić information content (AvgIpc) is 2.82. The Morgan fingerprint density at radius 1 is 1.27 bits per heavy atom. The van der Waals surface area contributed by atoms with Crippen LogP contribution in [0.4, 0.5) is 5.69 Å². The van der Waals surface area contributed by atoms with Crippen LogP contribution in [0.3, 0.4) is 0 Å². The van der Waals surface area contributed by atoms with Crippen LogP contribution >= 0.6 is 11.3 Å². The standard InChI is InChI=1S/C11H9N3S/c12-8-1-2-11-10(5-8)13-7-14(11)9-3-4-15-6-9/h1-7H,12H2. The van der Waals surface area contributed by atoms with E-state index >= 15 is 0 Å². The van der Waals surface area contributed by atoms with Gasteiger partial charge in [-0.05, 0) is 29.6 Å². The molecule has 3 nitrogen and oxygen atoms in total. The normalized spacial score (nSPS) is 10.9. The Balaban J connectivity index is 2.29. The molecule has 0 atom stereocenters. The van der Waals surface area contributed by atoms with Crippen molar-refractivity contribution in [2.45, 2.75) is 0 Å². The summed E-state index contributed by atoms with van der Waals surface area (Å²) in [6.07, 6.45) is 1.83. The quantitative estimate of drug-likeness (QED) is 0.634. The van der Waals surface area contributed by atoms with E-state index in [9.17, 15) is 0 Å². The lowest BCUT2D eigenvalue weighted by atomic mass is 10.3. The number of aromatic nitrogens is 2. The van der Waals surface area contributed by atoms with Gasteiger partial charge in [-0.25, -0.2) is 4.98 Å². The van der Waals surface area contributed by atoms with Crippen LogP contribution in [0, 0.1) is 0 Å². The minimum Gasteiger partial charge on any atom is -0.399 e. The van der Waals surface area contributed by atoms with E-state index in [1.54, 1.807) is 11.3 Å². The summed E-state index contributed by atoms with van der Waals surface area (Å²) in [4.78, 5) is 4.32. The van der Waals surface area contributed by atoms with E-state index in [2.05, 4.69) is 26.4 Å². The highest BCUT2D eigenvalue weighted by atomic mass is 32.1. The summed E-state index contributed by atoms with van der Waals surface area (Å²) in [6, 6.07) is 7.85. The molecule has 0 saturated carbocycles. The molecule has 0 aliphatic heterocycles. The van der Waals surface area contributed by atoms with Crippen molar-refractivity contribution in [1.29, 1.82) is 0 Å². The van der Waals surface area contributed by atoms with Crippen molar-refractivity contribution in [3.05, 3.63) is 41.4 Å². The molecule has 0 aliphatic rings. The third-order valence-corrected chi connectivity index (χ3v) is 3.03. The van der Waals surface area contributed by atoms with Gasteiger partial charge in [-0.1, -0.05) is 0 Å². The van der Waals surface area contributed by atoms with Crippen molar-refractivity contribution in [2.24, 2.45) is 0 Å². The molecule has 1 aromatic carbocycles. The topological polar surface area (TPSA) is 43.8 Å². The zero-order valence-electron chi connectivity index (χ0n) is 7.92. The molecule has 2 aromatic heterocycles. The van der Waals surface area contributed by atoms with Crippen molar-refractivity contribution in [1.82, 2.24) is 9.55 Å². The number of nitrogens with zero attached hydrogens (tertiary/aromatic N) is 2. The lowest BCUT2D eigenvalue weighted by Crippen LogP contribution is -1.89. The fourth-order valence-corrected chi connectivity index (χ4v) is 2.26. The lowest BCUT2D eigenvalue weighted by molar-refractivity contribution is 1.10. The number of anilines is 1. The highest BCUT2D eigenvalue weighted by molar-refractivity contribution is 7.08. The number of hydrogen-bond donors (Lipinski definition) is 1. The molecule has 0 radical (unpaired) electrons. The minimum absolute atomic E-state index is 0.748. The molecular formula is C11H9N3S. The number of rotatable bonds is 1. The molecule has 0 aliphatic carbocycles. The van der Waals surface area contributed by atoms with Gasteiger partial charge < -0.3 is 5.73 Å². The summed E-state index contributed by atoms with van der Waals surface area (Å²) in [5.41, 5.74) is 9.62.